The highest BCUT2D eigenvalue weighted by molar-refractivity contribution is 5.08. The van der Waals surface area contributed by atoms with Gasteiger partial charge in [-0.2, -0.15) is 5.10 Å². The van der Waals surface area contributed by atoms with E-state index in [9.17, 15) is 0 Å². The van der Waals surface area contributed by atoms with Crippen molar-refractivity contribution in [2.75, 3.05) is 13.1 Å². The maximum Gasteiger partial charge on any atom is 0.0767 e. The molecule has 1 aromatic heterocycles. The van der Waals surface area contributed by atoms with Gasteiger partial charge in [-0.05, 0) is 25.5 Å². The number of rotatable bonds is 5. The van der Waals surface area contributed by atoms with E-state index in [1.807, 2.05) is 11.7 Å². The molecule has 0 aromatic carbocycles. The van der Waals surface area contributed by atoms with Crippen molar-refractivity contribution < 1.29 is 0 Å². The molecule has 15 heavy (non-hydrogen) atoms. The lowest BCUT2D eigenvalue weighted by Crippen LogP contribution is -2.27. The largest absolute Gasteiger partial charge is 0.297 e. The van der Waals surface area contributed by atoms with Crippen LogP contribution >= 0.6 is 0 Å². The molecular weight excluding hydrogens is 186 g/mol. The van der Waals surface area contributed by atoms with Crippen molar-refractivity contribution in [2.45, 2.75) is 34.2 Å². The zero-order chi connectivity index (χ0) is 11.4. The van der Waals surface area contributed by atoms with Crippen LogP contribution in [0.1, 0.15) is 32.2 Å². The topological polar surface area (TPSA) is 21.1 Å². The van der Waals surface area contributed by atoms with E-state index < -0.39 is 0 Å². The second-order valence-electron chi connectivity index (χ2n) is 4.62. The van der Waals surface area contributed by atoms with E-state index in [1.54, 1.807) is 0 Å². The van der Waals surface area contributed by atoms with E-state index in [0.29, 0.717) is 0 Å². The molecule has 0 aliphatic heterocycles. The van der Waals surface area contributed by atoms with Crippen LogP contribution in [0.3, 0.4) is 0 Å². The second kappa shape index (κ2) is 5.31. The Hall–Kier alpha value is -0.830. The van der Waals surface area contributed by atoms with Crippen LogP contribution in [0.15, 0.2) is 6.07 Å². The average molecular weight is 209 g/mol. The lowest BCUT2D eigenvalue weighted by Gasteiger charge is -2.21. The van der Waals surface area contributed by atoms with Gasteiger partial charge in [0.05, 0.1) is 5.69 Å². The van der Waals surface area contributed by atoms with Crippen LogP contribution in [0.5, 0.6) is 0 Å². The molecular formula is C12H23N3. The predicted octanol–water partition coefficient (Wildman–Crippen LogP) is 2.21. The molecule has 1 rings (SSSR count). The maximum atomic E-state index is 4.48. The van der Waals surface area contributed by atoms with Gasteiger partial charge in [0.15, 0.2) is 0 Å². The zero-order valence-corrected chi connectivity index (χ0v) is 10.6. The normalized spacial score (nSPS) is 11.7. The smallest absolute Gasteiger partial charge is 0.0767 e. The summed E-state index contributed by atoms with van der Waals surface area (Å²) in [5, 5.41) is 4.48. The van der Waals surface area contributed by atoms with Gasteiger partial charge >= 0.3 is 0 Å². The van der Waals surface area contributed by atoms with Crippen LogP contribution in [0.25, 0.3) is 0 Å². The minimum Gasteiger partial charge on any atom is -0.297 e. The van der Waals surface area contributed by atoms with Gasteiger partial charge in [-0.1, -0.05) is 20.8 Å². The molecule has 0 fully saturated rings. The Morgan fingerprint density at radius 3 is 2.53 bits per heavy atom. The van der Waals surface area contributed by atoms with Crippen LogP contribution < -0.4 is 0 Å². The Morgan fingerprint density at radius 2 is 2.13 bits per heavy atom. The van der Waals surface area contributed by atoms with Gasteiger partial charge in [0, 0.05) is 25.8 Å². The summed E-state index contributed by atoms with van der Waals surface area (Å²) in [6.45, 7) is 12.0. The van der Waals surface area contributed by atoms with E-state index in [0.717, 1.165) is 25.6 Å². The minimum absolute atomic E-state index is 0.717. The molecule has 0 atom stereocenters. The molecule has 0 aliphatic carbocycles. The van der Waals surface area contributed by atoms with E-state index in [1.165, 1.54) is 11.4 Å². The van der Waals surface area contributed by atoms with Gasteiger partial charge in [-0.25, -0.2) is 0 Å². The van der Waals surface area contributed by atoms with E-state index in [-0.39, 0.29) is 0 Å². The highest BCUT2D eigenvalue weighted by Crippen LogP contribution is 2.07. The fraction of sp³-hybridized carbons (Fsp3) is 0.750. The number of hydrogen-bond donors (Lipinski definition) is 0. The molecule has 0 saturated heterocycles. The molecule has 0 saturated carbocycles. The summed E-state index contributed by atoms with van der Waals surface area (Å²) in [5.74, 6) is 0.717. The number of hydrogen-bond acceptors (Lipinski definition) is 2. The van der Waals surface area contributed by atoms with E-state index >= 15 is 0 Å². The number of aromatic nitrogens is 2. The van der Waals surface area contributed by atoms with Gasteiger partial charge in [-0.3, -0.25) is 9.58 Å². The summed E-state index contributed by atoms with van der Waals surface area (Å²) in [6, 6.07) is 2.17. The second-order valence-corrected chi connectivity index (χ2v) is 4.62. The highest BCUT2D eigenvalue weighted by atomic mass is 15.3. The van der Waals surface area contributed by atoms with Crippen molar-refractivity contribution in [3.8, 4) is 0 Å². The highest BCUT2D eigenvalue weighted by Gasteiger charge is 2.08. The fourth-order valence-electron chi connectivity index (χ4n) is 1.76. The Morgan fingerprint density at radius 1 is 1.47 bits per heavy atom. The average Bonchev–Trinajstić information content (AvgIpc) is 2.44. The number of aryl methyl sites for hydroxylation is 2. The fourth-order valence-corrected chi connectivity index (χ4v) is 1.76. The first-order valence-corrected chi connectivity index (χ1v) is 5.74. The molecule has 3 nitrogen and oxygen atoms in total. The first kappa shape index (κ1) is 12.2. The van der Waals surface area contributed by atoms with Gasteiger partial charge < -0.3 is 0 Å². The molecule has 0 aliphatic rings. The third-order valence-corrected chi connectivity index (χ3v) is 2.62. The molecule has 3 heteroatoms. The summed E-state index contributed by atoms with van der Waals surface area (Å²) in [6.07, 6.45) is 0. The molecule has 0 radical (unpaired) electrons. The van der Waals surface area contributed by atoms with Crippen molar-refractivity contribution >= 4 is 0 Å². The third kappa shape index (κ3) is 3.67. The van der Waals surface area contributed by atoms with Crippen molar-refractivity contribution in [2.24, 2.45) is 13.0 Å². The Kier molecular flexibility index (Phi) is 4.33. The van der Waals surface area contributed by atoms with Crippen molar-refractivity contribution in [1.29, 1.82) is 0 Å². The first-order chi connectivity index (χ1) is 7.02. The number of nitrogens with zero attached hydrogens (tertiary/aromatic N) is 3. The Bertz CT molecular complexity index is 282. The van der Waals surface area contributed by atoms with Crippen LogP contribution in [0, 0.1) is 12.8 Å². The van der Waals surface area contributed by atoms with E-state index in [4.69, 9.17) is 0 Å². The monoisotopic (exact) mass is 209 g/mol. The SMILES string of the molecule is CCN(Cc1cc(C)n(C)n1)CC(C)C. The summed E-state index contributed by atoms with van der Waals surface area (Å²) in [4.78, 5) is 2.44. The molecule has 0 spiro atoms. The Labute approximate surface area is 93.1 Å². The molecule has 1 aromatic rings. The lowest BCUT2D eigenvalue weighted by molar-refractivity contribution is 0.245. The Balaban J connectivity index is 2.58. The third-order valence-electron chi connectivity index (χ3n) is 2.62. The summed E-state index contributed by atoms with van der Waals surface area (Å²) in [7, 11) is 2.00. The standard InChI is InChI=1S/C12H23N3/c1-6-15(8-10(2)3)9-12-7-11(4)14(5)13-12/h7,10H,6,8-9H2,1-5H3. The van der Waals surface area contributed by atoms with Gasteiger partial charge in [0.1, 0.15) is 0 Å². The van der Waals surface area contributed by atoms with Crippen LogP contribution in [0.4, 0.5) is 0 Å². The zero-order valence-electron chi connectivity index (χ0n) is 10.6. The van der Waals surface area contributed by atoms with Crippen molar-refractivity contribution in [1.82, 2.24) is 14.7 Å². The van der Waals surface area contributed by atoms with Crippen molar-refractivity contribution in [3.05, 3.63) is 17.5 Å². The molecule has 0 unspecified atom stereocenters. The van der Waals surface area contributed by atoms with Gasteiger partial charge in [0.25, 0.3) is 0 Å². The molecule has 0 amide bonds. The molecule has 1 heterocycles. The van der Waals surface area contributed by atoms with Gasteiger partial charge in [0.2, 0.25) is 0 Å². The summed E-state index contributed by atoms with van der Waals surface area (Å²) < 4.78 is 1.94. The molecule has 0 N–H and O–H groups in total. The molecule has 0 bridgehead atoms. The van der Waals surface area contributed by atoms with Crippen LogP contribution in [-0.2, 0) is 13.6 Å². The van der Waals surface area contributed by atoms with E-state index in [2.05, 4.69) is 43.8 Å². The van der Waals surface area contributed by atoms with Crippen molar-refractivity contribution in [3.63, 3.8) is 0 Å². The maximum absolute atomic E-state index is 4.48. The van der Waals surface area contributed by atoms with Crippen LogP contribution in [0.2, 0.25) is 0 Å². The predicted molar refractivity (Wildman–Crippen MR) is 63.7 cm³/mol. The first-order valence-electron chi connectivity index (χ1n) is 5.74. The summed E-state index contributed by atoms with van der Waals surface area (Å²) >= 11 is 0. The quantitative estimate of drug-likeness (QED) is 0.741. The lowest BCUT2D eigenvalue weighted by atomic mass is 10.2. The van der Waals surface area contributed by atoms with Gasteiger partial charge in [-0.15, -0.1) is 0 Å². The molecule has 86 valence electrons. The minimum atomic E-state index is 0.717. The summed E-state index contributed by atoms with van der Waals surface area (Å²) in [5.41, 5.74) is 2.41. The van der Waals surface area contributed by atoms with Crippen LogP contribution in [-0.4, -0.2) is 27.8 Å².